The monoisotopic (exact) mass is 626 g/mol. The van der Waals surface area contributed by atoms with E-state index in [1.807, 2.05) is 67.6 Å². The van der Waals surface area contributed by atoms with Crippen molar-refractivity contribution in [2.24, 2.45) is 9.98 Å². The van der Waals surface area contributed by atoms with Crippen molar-refractivity contribution in [2.75, 3.05) is 0 Å². The van der Waals surface area contributed by atoms with Gasteiger partial charge >= 0.3 is 0 Å². The zero-order valence-corrected chi connectivity index (χ0v) is 27.3. The molecule has 0 spiro atoms. The van der Waals surface area contributed by atoms with Crippen molar-refractivity contribution in [3.05, 3.63) is 199 Å². The summed E-state index contributed by atoms with van der Waals surface area (Å²) in [6.45, 7) is 6.29. The molecule has 0 fully saturated rings. The molecule has 0 radical (unpaired) electrons. The minimum absolute atomic E-state index is 0.635. The predicted octanol–water partition coefficient (Wildman–Crippen LogP) is 12.4. The molecule has 0 aliphatic carbocycles. The van der Waals surface area contributed by atoms with Crippen LogP contribution in [0.1, 0.15) is 23.6 Å². The van der Waals surface area contributed by atoms with Crippen molar-refractivity contribution in [3.63, 3.8) is 0 Å². The molecule has 2 nitrogen and oxygen atoms in total. The van der Waals surface area contributed by atoms with Crippen LogP contribution in [0, 0.1) is 0 Å². The zero-order valence-electron chi connectivity index (χ0n) is 27.3. The molecule has 0 saturated carbocycles. The van der Waals surface area contributed by atoms with Gasteiger partial charge in [0.2, 0.25) is 0 Å². The number of nitrogens with zero attached hydrogens (tertiary/aromatic N) is 2. The third-order valence-electron chi connectivity index (χ3n) is 9.21. The number of rotatable bonds is 6. The van der Waals surface area contributed by atoms with E-state index in [4.69, 9.17) is 9.98 Å². The number of hydrogen-bond donors (Lipinski definition) is 0. The standard InChI is InChI=1S/C47H34N2/c1-32(34-15-5-3-6-16-34)48-47(35-17-7-4-8-18-35)49-33(2)36-19-13-20-37(29-36)38-21-14-22-39(30-38)40-27-28-45-43-25-10-9-23-41(43)42-24-11-12-26-44(42)46(45)31-40/h3-31H,1H2,2H3/b48-47-,49-33+. The lowest BCUT2D eigenvalue weighted by Crippen LogP contribution is -2.04. The maximum Gasteiger partial charge on any atom is 0.160 e. The number of aliphatic imine (C=N–C) groups is 2. The maximum atomic E-state index is 5.06. The molecule has 0 bridgehead atoms. The summed E-state index contributed by atoms with van der Waals surface area (Å²) in [6, 6.07) is 61.9. The average molecular weight is 627 g/mol. The topological polar surface area (TPSA) is 24.7 Å². The van der Waals surface area contributed by atoms with E-state index in [-0.39, 0.29) is 0 Å². The van der Waals surface area contributed by atoms with Crippen LogP contribution in [0.25, 0.3) is 60.3 Å². The fourth-order valence-corrected chi connectivity index (χ4v) is 6.68. The fourth-order valence-electron chi connectivity index (χ4n) is 6.68. The first-order valence-corrected chi connectivity index (χ1v) is 16.6. The van der Waals surface area contributed by atoms with Crippen LogP contribution in [0.15, 0.2) is 192 Å². The van der Waals surface area contributed by atoms with E-state index in [0.717, 1.165) is 33.5 Å². The molecule has 0 aliphatic heterocycles. The van der Waals surface area contributed by atoms with E-state index in [1.165, 1.54) is 43.4 Å². The maximum absolute atomic E-state index is 5.06. The first-order chi connectivity index (χ1) is 24.1. The average Bonchev–Trinajstić information content (AvgIpc) is 3.18. The van der Waals surface area contributed by atoms with Crippen molar-refractivity contribution in [1.29, 1.82) is 0 Å². The van der Waals surface area contributed by atoms with Crippen LogP contribution >= 0.6 is 0 Å². The second-order valence-corrected chi connectivity index (χ2v) is 12.3. The Kier molecular flexibility index (Phi) is 7.97. The Labute approximate surface area is 287 Å². The van der Waals surface area contributed by atoms with Gasteiger partial charge in [-0.05, 0) is 90.8 Å². The molecule has 0 amide bonds. The largest absolute Gasteiger partial charge is 0.233 e. The summed E-state index contributed by atoms with van der Waals surface area (Å²) < 4.78 is 0. The third-order valence-corrected chi connectivity index (χ3v) is 9.21. The lowest BCUT2D eigenvalue weighted by atomic mass is 9.91. The molecule has 232 valence electrons. The molecule has 8 rings (SSSR count). The van der Waals surface area contributed by atoms with Gasteiger partial charge in [-0.25, -0.2) is 9.98 Å². The molecule has 0 atom stereocenters. The van der Waals surface area contributed by atoms with Gasteiger partial charge in [-0.1, -0.05) is 164 Å². The van der Waals surface area contributed by atoms with Gasteiger partial charge in [0.1, 0.15) is 0 Å². The van der Waals surface area contributed by atoms with Crippen molar-refractivity contribution in [2.45, 2.75) is 6.92 Å². The molecule has 0 heterocycles. The SMILES string of the molecule is C=C(/N=C(\N=C(/C)c1cccc(-c2cccc(-c3ccc4c5ccccc5c5ccccc5c4c3)c2)c1)c1ccccc1)c1ccccc1. The van der Waals surface area contributed by atoms with Crippen molar-refractivity contribution >= 4 is 49.6 Å². The van der Waals surface area contributed by atoms with E-state index < -0.39 is 0 Å². The smallest absolute Gasteiger partial charge is 0.160 e. The predicted molar refractivity (Wildman–Crippen MR) is 210 cm³/mol. The summed E-state index contributed by atoms with van der Waals surface area (Å²) in [5.41, 5.74) is 9.20. The van der Waals surface area contributed by atoms with Crippen molar-refractivity contribution < 1.29 is 0 Å². The number of fused-ring (bicyclic) bond motifs is 6. The molecular formula is C47H34N2. The summed E-state index contributed by atoms with van der Waals surface area (Å²) in [6.07, 6.45) is 0. The van der Waals surface area contributed by atoms with E-state index in [1.54, 1.807) is 0 Å². The van der Waals surface area contributed by atoms with Crippen LogP contribution in [0.4, 0.5) is 0 Å². The minimum Gasteiger partial charge on any atom is -0.233 e. The highest BCUT2D eigenvalue weighted by atomic mass is 14.9. The number of amidine groups is 1. The highest BCUT2D eigenvalue weighted by Gasteiger charge is 2.11. The Morgan fingerprint density at radius 2 is 0.816 bits per heavy atom. The number of hydrogen-bond acceptors (Lipinski definition) is 1. The normalized spacial score (nSPS) is 12.1. The molecule has 2 heteroatoms. The van der Waals surface area contributed by atoms with Crippen LogP contribution in [-0.4, -0.2) is 11.5 Å². The minimum atomic E-state index is 0.635. The third kappa shape index (κ3) is 5.97. The van der Waals surface area contributed by atoms with Crippen LogP contribution in [0.2, 0.25) is 0 Å². The Hall–Kier alpha value is -6.38. The summed E-state index contributed by atoms with van der Waals surface area (Å²) in [4.78, 5) is 9.96. The number of benzene rings is 8. The van der Waals surface area contributed by atoms with E-state index in [9.17, 15) is 0 Å². The zero-order chi connectivity index (χ0) is 33.2. The van der Waals surface area contributed by atoms with Gasteiger partial charge in [-0.2, -0.15) is 0 Å². The lowest BCUT2D eigenvalue weighted by molar-refractivity contribution is 1.44. The van der Waals surface area contributed by atoms with Gasteiger partial charge in [-0.15, -0.1) is 0 Å². The molecule has 0 N–H and O–H groups in total. The highest BCUT2D eigenvalue weighted by molar-refractivity contribution is 6.25. The summed E-state index contributed by atoms with van der Waals surface area (Å²) in [5, 5.41) is 7.70. The summed E-state index contributed by atoms with van der Waals surface area (Å²) in [5.74, 6) is 0.635. The van der Waals surface area contributed by atoms with E-state index in [2.05, 4.69) is 122 Å². The van der Waals surface area contributed by atoms with Gasteiger partial charge in [0.05, 0.1) is 5.70 Å². The van der Waals surface area contributed by atoms with E-state index in [0.29, 0.717) is 11.5 Å². The first kappa shape index (κ1) is 30.0. The Bertz CT molecular complexity index is 2520. The van der Waals surface area contributed by atoms with Gasteiger partial charge in [-0.3, -0.25) is 0 Å². The molecule has 49 heavy (non-hydrogen) atoms. The van der Waals surface area contributed by atoms with Crippen LogP contribution in [0.5, 0.6) is 0 Å². The van der Waals surface area contributed by atoms with Gasteiger partial charge in [0.15, 0.2) is 5.84 Å². The quantitative estimate of drug-likeness (QED) is 0.0997. The highest BCUT2D eigenvalue weighted by Crippen LogP contribution is 2.37. The van der Waals surface area contributed by atoms with Crippen LogP contribution in [-0.2, 0) is 0 Å². The summed E-state index contributed by atoms with van der Waals surface area (Å²) in [7, 11) is 0. The van der Waals surface area contributed by atoms with Gasteiger partial charge in [0, 0.05) is 11.3 Å². The molecule has 0 aliphatic rings. The van der Waals surface area contributed by atoms with Crippen LogP contribution < -0.4 is 0 Å². The Morgan fingerprint density at radius 1 is 0.367 bits per heavy atom. The first-order valence-electron chi connectivity index (χ1n) is 16.6. The van der Waals surface area contributed by atoms with Crippen molar-refractivity contribution in [1.82, 2.24) is 0 Å². The second kappa shape index (κ2) is 13.0. The van der Waals surface area contributed by atoms with Crippen molar-refractivity contribution in [3.8, 4) is 22.3 Å². The fraction of sp³-hybridized carbons (Fsp3) is 0.0213. The molecule has 8 aromatic rings. The van der Waals surface area contributed by atoms with Crippen LogP contribution in [0.3, 0.4) is 0 Å². The lowest BCUT2D eigenvalue weighted by Gasteiger charge is -2.13. The van der Waals surface area contributed by atoms with Gasteiger partial charge in [0.25, 0.3) is 0 Å². The molecule has 8 aromatic carbocycles. The molecule has 0 unspecified atom stereocenters. The molecule has 0 saturated heterocycles. The summed E-state index contributed by atoms with van der Waals surface area (Å²) >= 11 is 0. The second-order valence-electron chi connectivity index (χ2n) is 12.3. The molecule has 0 aromatic heterocycles. The molecular weight excluding hydrogens is 593 g/mol. The Balaban J connectivity index is 1.16. The Morgan fingerprint density at radius 3 is 1.43 bits per heavy atom. The van der Waals surface area contributed by atoms with Gasteiger partial charge < -0.3 is 0 Å². The van der Waals surface area contributed by atoms with E-state index >= 15 is 0 Å².